The van der Waals surface area contributed by atoms with E-state index in [0.717, 1.165) is 12.0 Å². The summed E-state index contributed by atoms with van der Waals surface area (Å²) in [5, 5.41) is 9.96. The van der Waals surface area contributed by atoms with E-state index in [4.69, 9.17) is 11.6 Å². The van der Waals surface area contributed by atoms with Crippen molar-refractivity contribution in [2.24, 2.45) is 0 Å². The van der Waals surface area contributed by atoms with Crippen LogP contribution in [0.2, 0.25) is 5.02 Å². The molecule has 0 aliphatic rings. The molecule has 3 aromatic rings. The summed E-state index contributed by atoms with van der Waals surface area (Å²) in [4.78, 5) is 37.0. The number of aromatic nitrogens is 2. The monoisotopic (exact) mass is 424 g/mol. The molecule has 2 aromatic carbocycles. The number of nitrogens with zero attached hydrogens (tertiary/aromatic N) is 2. The Balaban J connectivity index is 1.73. The summed E-state index contributed by atoms with van der Waals surface area (Å²) in [6.07, 6.45) is 0.764. The molecule has 8 heteroatoms. The van der Waals surface area contributed by atoms with Crippen LogP contribution in [-0.4, -0.2) is 28.1 Å². The minimum absolute atomic E-state index is 0.285. The predicted octanol–water partition coefficient (Wildman–Crippen LogP) is 3.13. The Labute approximate surface area is 178 Å². The summed E-state index contributed by atoms with van der Waals surface area (Å²) in [6.45, 7) is 3.41. The molecule has 1 heterocycles. The number of anilines is 1. The Morgan fingerprint density at radius 2 is 1.80 bits per heavy atom. The molecule has 0 unspecified atom stereocenters. The molecule has 30 heavy (non-hydrogen) atoms. The van der Waals surface area contributed by atoms with Gasteiger partial charge in [0.15, 0.2) is 5.69 Å². The molecule has 0 saturated carbocycles. The number of carbonyl (C=O) groups excluding carboxylic acids is 2. The van der Waals surface area contributed by atoms with Crippen LogP contribution in [0.1, 0.15) is 28.7 Å². The third-order valence-corrected chi connectivity index (χ3v) is 4.73. The van der Waals surface area contributed by atoms with Gasteiger partial charge in [0.25, 0.3) is 5.91 Å². The fourth-order valence-electron chi connectivity index (χ4n) is 2.94. The average molecular weight is 425 g/mol. The highest BCUT2D eigenvalue weighted by atomic mass is 35.5. The molecule has 7 nitrogen and oxygen atoms in total. The van der Waals surface area contributed by atoms with Crippen molar-refractivity contribution >= 4 is 29.1 Å². The van der Waals surface area contributed by atoms with Crippen molar-refractivity contribution in [3.05, 3.63) is 86.8 Å². The molecule has 0 aliphatic carbocycles. The normalized spacial score (nSPS) is 10.5. The number of hydrogen-bond acceptors (Lipinski definition) is 4. The number of aryl methyl sites for hydroxylation is 2. The van der Waals surface area contributed by atoms with Gasteiger partial charge in [0, 0.05) is 22.5 Å². The van der Waals surface area contributed by atoms with Gasteiger partial charge in [0.1, 0.15) is 0 Å². The van der Waals surface area contributed by atoms with Gasteiger partial charge in [-0.3, -0.25) is 14.4 Å². The molecular formula is C22H21ClN4O3. The first-order valence-corrected chi connectivity index (χ1v) is 9.79. The van der Waals surface area contributed by atoms with E-state index in [1.54, 1.807) is 37.3 Å². The molecule has 0 bridgehead atoms. The number of nitrogens with one attached hydrogen (secondary N) is 2. The minimum atomic E-state index is -0.721. The quantitative estimate of drug-likeness (QED) is 0.635. The minimum Gasteiger partial charge on any atom is -0.341 e. The predicted molar refractivity (Wildman–Crippen MR) is 116 cm³/mol. The lowest BCUT2D eigenvalue weighted by molar-refractivity contribution is -0.115. The summed E-state index contributed by atoms with van der Waals surface area (Å²) in [5.41, 5.74) is 2.08. The third-order valence-electron chi connectivity index (χ3n) is 4.48. The van der Waals surface area contributed by atoms with Gasteiger partial charge < -0.3 is 10.6 Å². The van der Waals surface area contributed by atoms with Crippen LogP contribution in [0.3, 0.4) is 0 Å². The van der Waals surface area contributed by atoms with Gasteiger partial charge in [0.05, 0.1) is 12.2 Å². The fraction of sp³-hybridized carbons (Fsp3) is 0.182. The highest BCUT2D eigenvalue weighted by Crippen LogP contribution is 2.15. The zero-order valence-electron chi connectivity index (χ0n) is 16.6. The lowest BCUT2D eigenvalue weighted by Crippen LogP contribution is -2.37. The first kappa shape index (κ1) is 21.3. The standard InChI is InChI=1S/C22H21ClN4O3/c1-3-15-6-4-5-7-18(15)25-20(29)13-24-22(30)21-19(28)12-14(2)27(26-21)17-10-8-16(23)9-11-17/h4-12H,3,13H2,1-2H3,(H,24,30)(H,25,29). The van der Waals surface area contributed by atoms with Crippen LogP contribution in [-0.2, 0) is 11.2 Å². The van der Waals surface area contributed by atoms with Crippen LogP contribution in [0.5, 0.6) is 0 Å². The molecule has 2 amide bonds. The summed E-state index contributed by atoms with van der Waals surface area (Å²) in [7, 11) is 0. The van der Waals surface area contributed by atoms with Crippen molar-refractivity contribution in [3.63, 3.8) is 0 Å². The molecular weight excluding hydrogens is 404 g/mol. The number of carbonyl (C=O) groups is 2. The first-order chi connectivity index (χ1) is 14.4. The SMILES string of the molecule is CCc1ccccc1NC(=O)CNC(=O)c1nn(-c2ccc(Cl)cc2)c(C)cc1=O. The van der Waals surface area contributed by atoms with Gasteiger partial charge in [-0.1, -0.05) is 36.7 Å². The lowest BCUT2D eigenvalue weighted by Gasteiger charge is -2.12. The third kappa shape index (κ3) is 4.93. The largest absolute Gasteiger partial charge is 0.341 e. The Kier molecular flexibility index (Phi) is 6.64. The first-order valence-electron chi connectivity index (χ1n) is 9.42. The van der Waals surface area contributed by atoms with Crippen LogP contribution >= 0.6 is 11.6 Å². The van der Waals surface area contributed by atoms with E-state index in [-0.39, 0.29) is 12.2 Å². The molecule has 0 atom stereocenters. The fourth-order valence-corrected chi connectivity index (χ4v) is 3.06. The van der Waals surface area contributed by atoms with Crippen LogP contribution < -0.4 is 16.1 Å². The summed E-state index contributed by atoms with van der Waals surface area (Å²) in [6, 6.07) is 15.6. The van der Waals surface area contributed by atoms with Gasteiger partial charge in [-0.05, 0) is 49.2 Å². The molecule has 0 saturated heterocycles. The van der Waals surface area contributed by atoms with Gasteiger partial charge in [-0.2, -0.15) is 5.10 Å². The number of halogens is 1. The molecule has 154 valence electrons. The molecule has 3 rings (SSSR count). The number of benzene rings is 2. The maximum absolute atomic E-state index is 12.5. The molecule has 0 fully saturated rings. The molecule has 2 N–H and O–H groups in total. The van der Waals surface area contributed by atoms with Crippen LogP contribution in [0.4, 0.5) is 5.69 Å². The topological polar surface area (TPSA) is 93.1 Å². The average Bonchev–Trinajstić information content (AvgIpc) is 2.73. The molecule has 0 radical (unpaired) electrons. The van der Waals surface area contributed by atoms with Crippen LogP contribution in [0.15, 0.2) is 59.4 Å². The second kappa shape index (κ2) is 9.37. The summed E-state index contributed by atoms with van der Waals surface area (Å²) >= 11 is 5.91. The van der Waals surface area contributed by atoms with E-state index < -0.39 is 17.2 Å². The highest BCUT2D eigenvalue weighted by Gasteiger charge is 2.16. The zero-order valence-corrected chi connectivity index (χ0v) is 17.4. The van der Waals surface area contributed by atoms with Gasteiger partial charge in [0.2, 0.25) is 11.3 Å². The summed E-state index contributed by atoms with van der Waals surface area (Å²) in [5.74, 6) is -1.11. The molecule has 0 aliphatic heterocycles. The maximum atomic E-state index is 12.5. The maximum Gasteiger partial charge on any atom is 0.276 e. The highest BCUT2D eigenvalue weighted by molar-refractivity contribution is 6.30. The number of para-hydroxylation sites is 1. The number of hydrogen-bond donors (Lipinski definition) is 2. The molecule has 1 aromatic heterocycles. The van der Waals surface area contributed by atoms with E-state index in [0.29, 0.717) is 22.1 Å². The van der Waals surface area contributed by atoms with Crippen molar-refractivity contribution < 1.29 is 9.59 Å². The van der Waals surface area contributed by atoms with Crippen LogP contribution in [0, 0.1) is 6.92 Å². The van der Waals surface area contributed by atoms with Gasteiger partial charge in [-0.25, -0.2) is 4.68 Å². The number of rotatable bonds is 6. The number of amides is 2. The summed E-state index contributed by atoms with van der Waals surface area (Å²) < 4.78 is 1.48. The van der Waals surface area contributed by atoms with Crippen molar-refractivity contribution in [3.8, 4) is 5.69 Å². The van der Waals surface area contributed by atoms with Gasteiger partial charge in [-0.15, -0.1) is 0 Å². The Morgan fingerprint density at radius 3 is 2.50 bits per heavy atom. The smallest absolute Gasteiger partial charge is 0.276 e. The van der Waals surface area contributed by atoms with Crippen molar-refractivity contribution in [1.82, 2.24) is 15.1 Å². The van der Waals surface area contributed by atoms with E-state index in [2.05, 4.69) is 15.7 Å². The Hall–Kier alpha value is -3.45. The van der Waals surface area contributed by atoms with Gasteiger partial charge >= 0.3 is 0 Å². The second-order valence-electron chi connectivity index (χ2n) is 6.63. The zero-order chi connectivity index (χ0) is 21.7. The van der Waals surface area contributed by atoms with E-state index >= 15 is 0 Å². The van der Waals surface area contributed by atoms with Crippen molar-refractivity contribution in [2.45, 2.75) is 20.3 Å². The second-order valence-corrected chi connectivity index (χ2v) is 7.06. The lowest BCUT2D eigenvalue weighted by atomic mass is 10.1. The van der Waals surface area contributed by atoms with E-state index in [1.165, 1.54) is 10.7 Å². The molecule has 0 spiro atoms. The van der Waals surface area contributed by atoms with Crippen molar-refractivity contribution in [2.75, 3.05) is 11.9 Å². The Bertz CT molecular complexity index is 1140. The van der Waals surface area contributed by atoms with E-state index in [9.17, 15) is 14.4 Å². The van der Waals surface area contributed by atoms with Crippen molar-refractivity contribution in [1.29, 1.82) is 0 Å². The van der Waals surface area contributed by atoms with E-state index in [1.807, 2.05) is 25.1 Å². The Morgan fingerprint density at radius 1 is 1.10 bits per heavy atom. The van der Waals surface area contributed by atoms with Crippen LogP contribution in [0.25, 0.3) is 5.69 Å².